The number of carbonyl (C=O) groups is 1. The number of rotatable bonds is 6. The van der Waals surface area contributed by atoms with Crippen LogP contribution in [0.4, 0.5) is 0 Å². The highest BCUT2D eigenvalue weighted by molar-refractivity contribution is 7.81. The lowest BCUT2D eigenvalue weighted by molar-refractivity contribution is -0.155. The molecule has 1 rings (SSSR count). The summed E-state index contributed by atoms with van der Waals surface area (Å²) in [5.74, 6) is 0.138. The van der Waals surface area contributed by atoms with E-state index in [0.717, 1.165) is 0 Å². The van der Waals surface area contributed by atoms with Crippen molar-refractivity contribution >= 4 is 18.5 Å². The molecule has 1 fully saturated rings. The van der Waals surface area contributed by atoms with Gasteiger partial charge in [-0.15, -0.1) is 0 Å². The molecule has 15 heavy (non-hydrogen) atoms. The molecule has 0 spiro atoms. The van der Waals surface area contributed by atoms with Crippen molar-refractivity contribution in [2.24, 2.45) is 0 Å². The Morgan fingerprint density at radius 1 is 1.47 bits per heavy atom. The quantitative estimate of drug-likeness (QED) is 0.547. The first-order chi connectivity index (χ1) is 7.17. The van der Waals surface area contributed by atoms with Crippen LogP contribution in [0.1, 0.15) is 20.3 Å². The Labute approximate surface area is 96.3 Å². The minimum atomic E-state index is -0.303. The molecule has 1 unspecified atom stereocenters. The maximum Gasteiger partial charge on any atom is 0.223 e. The number of carbonyl (C=O) groups excluding carboxylic acids is 1. The van der Waals surface area contributed by atoms with Gasteiger partial charge in [-0.1, -0.05) is 0 Å². The van der Waals surface area contributed by atoms with Crippen molar-refractivity contribution in [3.05, 3.63) is 0 Å². The highest BCUT2D eigenvalue weighted by atomic mass is 32.1. The van der Waals surface area contributed by atoms with Crippen molar-refractivity contribution in [2.45, 2.75) is 31.8 Å². The van der Waals surface area contributed by atoms with E-state index in [1.54, 1.807) is 4.90 Å². The molecule has 88 valence electrons. The average molecular weight is 233 g/mol. The van der Waals surface area contributed by atoms with E-state index in [1.165, 1.54) is 0 Å². The number of nitrogens with zero attached hydrogens (tertiary/aromatic N) is 1. The van der Waals surface area contributed by atoms with Crippen molar-refractivity contribution in [3.8, 4) is 0 Å². The SMILES string of the molecule is CCOC(CN1CC(S)CC1=O)OCC. The fraction of sp³-hybridized carbons (Fsp3) is 0.900. The van der Waals surface area contributed by atoms with Crippen LogP contribution in [0.5, 0.6) is 0 Å². The van der Waals surface area contributed by atoms with Gasteiger partial charge in [-0.2, -0.15) is 12.6 Å². The fourth-order valence-corrected chi connectivity index (χ4v) is 1.99. The molecule has 0 N–H and O–H groups in total. The zero-order valence-electron chi connectivity index (χ0n) is 9.31. The van der Waals surface area contributed by atoms with Gasteiger partial charge in [0.05, 0.1) is 6.54 Å². The Morgan fingerprint density at radius 2 is 2.07 bits per heavy atom. The van der Waals surface area contributed by atoms with Crippen LogP contribution < -0.4 is 0 Å². The maximum atomic E-state index is 11.5. The maximum absolute atomic E-state index is 11.5. The molecule has 1 heterocycles. The van der Waals surface area contributed by atoms with Crippen LogP contribution in [0, 0.1) is 0 Å². The molecule has 0 bridgehead atoms. The predicted octanol–water partition coefficient (Wildman–Crippen LogP) is 0.916. The zero-order valence-corrected chi connectivity index (χ0v) is 10.2. The van der Waals surface area contributed by atoms with Gasteiger partial charge in [-0.05, 0) is 13.8 Å². The van der Waals surface area contributed by atoms with Crippen molar-refractivity contribution in [3.63, 3.8) is 0 Å². The van der Waals surface area contributed by atoms with Crippen LogP contribution in [-0.4, -0.2) is 48.7 Å². The van der Waals surface area contributed by atoms with Crippen LogP contribution in [0.3, 0.4) is 0 Å². The largest absolute Gasteiger partial charge is 0.351 e. The Morgan fingerprint density at radius 3 is 2.47 bits per heavy atom. The minimum absolute atomic E-state index is 0.138. The highest BCUT2D eigenvalue weighted by Crippen LogP contribution is 2.16. The van der Waals surface area contributed by atoms with Gasteiger partial charge in [0.1, 0.15) is 0 Å². The van der Waals surface area contributed by atoms with E-state index in [9.17, 15) is 4.79 Å². The van der Waals surface area contributed by atoms with Crippen LogP contribution in [-0.2, 0) is 14.3 Å². The van der Waals surface area contributed by atoms with Crippen LogP contribution >= 0.6 is 12.6 Å². The molecule has 4 nitrogen and oxygen atoms in total. The van der Waals surface area contributed by atoms with E-state index in [1.807, 2.05) is 13.8 Å². The monoisotopic (exact) mass is 233 g/mol. The van der Waals surface area contributed by atoms with Gasteiger partial charge < -0.3 is 14.4 Å². The van der Waals surface area contributed by atoms with E-state index in [0.29, 0.717) is 32.7 Å². The van der Waals surface area contributed by atoms with E-state index in [4.69, 9.17) is 9.47 Å². The summed E-state index contributed by atoms with van der Waals surface area (Å²) in [6, 6.07) is 0. The summed E-state index contributed by atoms with van der Waals surface area (Å²) >= 11 is 4.29. The second-order valence-corrected chi connectivity index (χ2v) is 4.23. The third-order valence-corrected chi connectivity index (χ3v) is 2.61. The summed E-state index contributed by atoms with van der Waals surface area (Å²) in [6.07, 6.45) is 0.219. The molecule has 0 aromatic carbocycles. The zero-order chi connectivity index (χ0) is 11.3. The van der Waals surface area contributed by atoms with Crippen molar-refractivity contribution in [1.82, 2.24) is 4.90 Å². The molecule has 1 atom stereocenters. The van der Waals surface area contributed by atoms with Gasteiger partial charge >= 0.3 is 0 Å². The highest BCUT2D eigenvalue weighted by Gasteiger charge is 2.29. The summed E-state index contributed by atoms with van der Waals surface area (Å²) in [4.78, 5) is 13.3. The van der Waals surface area contributed by atoms with Gasteiger partial charge in [0.2, 0.25) is 5.91 Å². The van der Waals surface area contributed by atoms with Gasteiger partial charge in [-0.3, -0.25) is 4.79 Å². The number of likely N-dealkylation sites (tertiary alicyclic amines) is 1. The molecule has 1 aliphatic heterocycles. The predicted molar refractivity (Wildman–Crippen MR) is 61.0 cm³/mol. The third kappa shape index (κ3) is 4.01. The standard InChI is InChI=1S/C10H19NO3S/c1-3-13-10(14-4-2)7-11-6-8(15)5-9(11)12/h8,10,15H,3-7H2,1-2H3. The van der Waals surface area contributed by atoms with Crippen molar-refractivity contribution < 1.29 is 14.3 Å². The first-order valence-electron chi connectivity index (χ1n) is 5.36. The molecule has 5 heteroatoms. The van der Waals surface area contributed by atoms with E-state index in [2.05, 4.69) is 12.6 Å². The smallest absolute Gasteiger partial charge is 0.223 e. The third-order valence-electron chi connectivity index (χ3n) is 2.27. The van der Waals surface area contributed by atoms with E-state index < -0.39 is 0 Å². The Kier molecular flexibility index (Phi) is 5.42. The minimum Gasteiger partial charge on any atom is -0.351 e. The average Bonchev–Trinajstić information content (AvgIpc) is 2.46. The number of hydrogen-bond donors (Lipinski definition) is 1. The van der Waals surface area contributed by atoms with Crippen molar-refractivity contribution in [2.75, 3.05) is 26.3 Å². The fourth-order valence-electron chi connectivity index (χ4n) is 1.63. The van der Waals surface area contributed by atoms with E-state index >= 15 is 0 Å². The van der Waals surface area contributed by atoms with Gasteiger partial charge in [0.25, 0.3) is 0 Å². The van der Waals surface area contributed by atoms with Gasteiger partial charge in [-0.25, -0.2) is 0 Å². The summed E-state index contributed by atoms with van der Waals surface area (Å²) in [7, 11) is 0. The topological polar surface area (TPSA) is 38.8 Å². The molecule has 0 aromatic rings. The summed E-state index contributed by atoms with van der Waals surface area (Å²) in [5, 5.41) is 0.154. The molecule has 0 aliphatic carbocycles. The van der Waals surface area contributed by atoms with Crippen LogP contribution in [0.25, 0.3) is 0 Å². The number of amides is 1. The number of hydrogen-bond acceptors (Lipinski definition) is 4. The summed E-state index contributed by atoms with van der Waals surface area (Å²) < 4.78 is 10.8. The lowest BCUT2D eigenvalue weighted by Gasteiger charge is -2.23. The molecule has 1 amide bonds. The first-order valence-corrected chi connectivity index (χ1v) is 5.88. The second kappa shape index (κ2) is 6.35. The molecule has 1 saturated heterocycles. The Bertz CT molecular complexity index is 207. The van der Waals surface area contributed by atoms with Gasteiger partial charge in [0.15, 0.2) is 6.29 Å². The van der Waals surface area contributed by atoms with Crippen molar-refractivity contribution in [1.29, 1.82) is 0 Å². The Balaban J connectivity index is 2.39. The number of ether oxygens (including phenoxy) is 2. The number of thiol groups is 1. The molecule has 0 radical (unpaired) electrons. The Hall–Kier alpha value is -0.260. The van der Waals surface area contributed by atoms with Crippen LogP contribution in [0.2, 0.25) is 0 Å². The van der Waals surface area contributed by atoms with Gasteiger partial charge in [0, 0.05) is 31.4 Å². The lowest BCUT2D eigenvalue weighted by atomic mass is 10.4. The molecule has 0 aromatic heterocycles. The molecule has 1 aliphatic rings. The molecular weight excluding hydrogens is 214 g/mol. The molecule has 0 saturated carbocycles. The van der Waals surface area contributed by atoms with Crippen LogP contribution in [0.15, 0.2) is 0 Å². The second-order valence-electron chi connectivity index (χ2n) is 3.50. The summed E-state index contributed by atoms with van der Waals surface area (Å²) in [6.45, 7) is 6.22. The summed E-state index contributed by atoms with van der Waals surface area (Å²) in [5.41, 5.74) is 0. The first kappa shape index (κ1) is 12.8. The lowest BCUT2D eigenvalue weighted by Crippen LogP contribution is -2.36. The van der Waals surface area contributed by atoms with E-state index in [-0.39, 0.29) is 17.4 Å². The normalized spacial score (nSPS) is 21.7. The molecular formula is C10H19NO3S.